The van der Waals surface area contributed by atoms with Crippen molar-refractivity contribution in [1.82, 2.24) is 4.98 Å². The van der Waals surface area contributed by atoms with Crippen LogP contribution in [0.25, 0.3) is 0 Å². The third-order valence-corrected chi connectivity index (χ3v) is 1.57. The van der Waals surface area contributed by atoms with Gasteiger partial charge in [0.2, 0.25) is 5.91 Å². The molecule has 0 fully saturated rings. The molecule has 0 aromatic carbocycles. The number of rotatable bonds is 2. The molecular formula is C9H12N2O2. The van der Waals surface area contributed by atoms with Crippen molar-refractivity contribution in [3.63, 3.8) is 0 Å². The van der Waals surface area contributed by atoms with Gasteiger partial charge in [0.1, 0.15) is 5.82 Å². The van der Waals surface area contributed by atoms with E-state index >= 15 is 0 Å². The molecule has 4 nitrogen and oxygen atoms in total. The average molecular weight is 180 g/mol. The summed E-state index contributed by atoms with van der Waals surface area (Å²) in [5, 5.41) is 11.7. The van der Waals surface area contributed by atoms with Gasteiger partial charge in [0, 0.05) is 13.1 Å². The number of amides is 1. The third kappa shape index (κ3) is 2.83. The van der Waals surface area contributed by atoms with Crippen molar-refractivity contribution in [3.05, 3.63) is 23.9 Å². The molecule has 1 amide bonds. The van der Waals surface area contributed by atoms with Gasteiger partial charge in [-0.15, -0.1) is 0 Å². The molecule has 4 heteroatoms. The summed E-state index contributed by atoms with van der Waals surface area (Å²) in [7, 11) is 0. The first kappa shape index (κ1) is 9.67. The normalized spacial score (nSPS) is 12.2. The zero-order valence-corrected chi connectivity index (χ0v) is 7.61. The predicted molar refractivity (Wildman–Crippen MR) is 49.2 cm³/mol. The molecule has 0 spiro atoms. The smallest absolute Gasteiger partial charge is 0.222 e. The summed E-state index contributed by atoms with van der Waals surface area (Å²) in [6, 6.07) is 3.38. The molecule has 0 saturated heterocycles. The molecular weight excluding hydrogens is 168 g/mol. The molecule has 13 heavy (non-hydrogen) atoms. The van der Waals surface area contributed by atoms with E-state index < -0.39 is 6.10 Å². The lowest BCUT2D eigenvalue weighted by molar-refractivity contribution is -0.114. The maximum absolute atomic E-state index is 10.6. The Labute approximate surface area is 76.6 Å². The Kier molecular flexibility index (Phi) is 2.97. The second-order valence-corrected chi connectivity index (χ2v) is 2.83. The van der Waals surface area contributed by atoms with Gasteiger partial charge in [-0.05, 0) is 18.6 Å². The van der Waals surface area contributed by atoms with Gasteiger partial charge in [0.25, 0.3) is 0 Å². The van der Waals surface area contributed by atoms with Crippen molar-refractivity contribution in [2.45, 2.75) is 20.0 Å². The number of carbonyl (C=O) groups excluding carboxylic acids is 1. The van der Waals surface area contributed by atoms with E-state index in [1.54, 1.807) is 19.1 Å². The molecule has 0 bridgehead atoms. The molecule has 1 rings (SSSR count). The van der Waals surface area contributed by atoms with Crippen molar-refractivity contribution in [2.24, 2.45) is 0 Å². The van der Waals surface area contributed by atoms with Gasteiger partial charge < -0.3 is 10.4 Å². The Morgan fingerprint density at radius 3 is 2.69 bits per heavy atom. The molecule has 0 aliphatic carbocycles. The fourth-order valence-corrected chi connectivity index (χ4v) is 0.907. The SMILES string of the molecule is CC(=O)Nc1ccc(C(C)O)cn1. The van der Waals surface area contributed by atoms with Gasteiger partial charge >= 0.3 is 0 Å². The number of nitrogens with zero attached hydrogens (tertiary/aromatic N) is 1. The van der Waals surface area contributed by atoms with Gasteiger partial charge in [-0.1, -0.05) is 6.07 Å². The highest BCUT2D eigenvalue weighted by Crippen LogP contribution is 2.12. The number of aromatic nitrogens is 1. The summed E-state index contributed by atoms with van der Waals surface area (Å²) >= 11 is 0. The van der Waals surface area contributed by atoms with Crippen LogP contribution in [0.2, 0.25) is 0 Å². The first-order valence-electron chi connectivity index (χ1n) is 4.01. The van der Waals surface area contributed by atoms with Crippen LogP contribution in [0.5, 0.6) is 0 Å². The molecule has 0 aliphatic heterocycles. The zero-order valence-electron chi connectivity index (χ0n) is 7.61. The monoisotopic (exact) mass is 180 g/mol. The van der Waals surface area contributed by atoms with Crippen LogP contribution in [0.15, 0.2) is 18.3 Å². The molecule has 1 unspecified atom stereocenters. The van der Waals surface area contributed by atoms with E-state index in [1.165, 1.54) is 13.1 Å². The fourth-order valence-electron chi connectivity index (χ4n) is 0.907. The number of nitrogens with one attached hydrogen (secondary N) is 1. The standard InChI is InChI=1S/C9H12N2O2/c1-6(12)8-3-4-9(10-5-8)11-7(2)13/h3-6,12H,1-2H3,(H,10,11,13). The summed E-state index contributed by atoms with van der Waals surface area (Å²) < 4.78 is 0. The van der Waals surface area contributed by atoms with E-state index in [4.69, 9.17) is 5.11 Å². The molecule has 1 heterocycles. The Hall–Kier alpha value is -1.42. The van der Waals surface area contributed by atoms with E-state index in [1.807, 2.05) is 0 Å². The van der Waals surface area contributed by atoms with Gasteiger partial charge in [-0.25, -0.2) is 4.98 Å². The van der Waals surface area contributed by atoms with Crippen LogP contribution in [0, 0.1) is 0 Å². The number of pyridine rings is 1. The average Bonchev–Trinajstić information content (AvgIpc) is 2.04. The molecule has 0 radical (unpaired) electrons. The van der Waals surface area contributed by atoms with Gasteiger partial charge in [-0.2, -0.15) is 0 Å². The van der Waals surface area contributed by atoms with E-state index in [0.717, 1.165) is 5.56 Å². The van der Waals surface area contributed by atoms with Crippen LogP contribution in [0.1, 0.15) is 25.5 Å². The highest BCUT2D eigenvalue weighted by molar-refractivity contribution is 5.87. The lowest BCUT2D eigenvalue weighted by Gasteiger charge is -2.05. The minimum atomic E-state index is -0.529. The van der Waals surface area contributed by atoms with E-state index in [0.29, 0.717) is 5.82 Å². The topological polar surface area (TPSA) is 62.2 Å². The molecule has 2 N–H and O–H groups in total. The van der Waals surface area contributed by atoms with E-state index in [-0.39, 0.29) is 5.91 Å². The summed E-state index contributed by atoms with van der Waals surface area (Å²) in [6.07, 6.45) is 1.01. The number of carbonyl (C=O) groups is 1. The van der Waals surface area contributed by atoms with Gasteiger partial charge in [-0.3, -0.25) is 4.79 Å². The molecule has 70 valence electrons. The summed E-state index contributed by atoms with van der Waals surface area (Å²) in [4.78, 5) is 14.6. The molecule has 1 atom stereocenters. The molecule has 1 aromatic heterocycles. The van der Waals surface area contributed by atoms with Crippen LogP contribution in [0.4, 0.5) is 5.82 Å². The third-order valence-electron chi connectivity index (χ3n) is 1.57. The minimum Gasteiger partial charge on any atom is -0.389 e. The van der Waals surface area contributed by atoms with Crippen LogP contribution in [0.3, 0.4) is 0 Å². The lowest BCUT2D eigenvalue weighted by Crippen LogP contribution is -2.07. The summed E-state index contributed by atoms with van der Waals surface area (Å²) in [6.45, 7) is 3.08. The zero-order chi connectivity index (χ0) is 9.84. The fraction of sp³-hybridized carbons (Fsp3) is 0.333. The Bertz CT molecular complexity index is 293. The quantitative estimate of drug-likeness (QED) is 0.716. The number of hydrogen-bond donors (Lipinski definition) is 2. The van der Waals surface area contributed by atoms with E-state index in [2.05, 4.69) is 10.3 Å². The number of anilines is 1. The first-order valence-corrected chi connectivity index (χ1v) is 4.01. The maximum Gasteiger partial charge on any atom is 0.222 e. The summed E-state index contributed by atoms with van der Waals surface area (Å²) in [5.41, 5.74) is 0.731. The second kappa shape index (κ2) is 4.00. The van der Waals surface area contributed by atoms with Crippen LogP contribution >= 0.6 is 0 Å². The molecule has 0 aliphatic rings. The van der Waals surface area contributed by atoms with Crippen molar-refractivity contribution >= 4 is 11.7 Å². The van der Waals surface area contributed by atoms with Gasteiger partial charge in [0.15, 0.2) is 0 Å². The first-order chi connectivity index (χ1) is 6.09. The van der Waals surface area contributed by atoms with Crippen LogP contribution < -0.4 is 5.32 Å². The minimum absolute atomic E-state index is 0.155. The Morgan fingerprint density at radius 2 is 2.31 bits per heavy atom. The van der Waals surface area contributed by atoms with Crippen LogP contribution in [-0.4, -0.2) is 16.0 Å². The Balaban J connectivity index is 2.75. The number of aliphatic hydroxyl groups excluding tert-OH is 1. The lowest BCUT2D eigenvalue weighted by atomic mass is 10.2. The summed E-state index contributed by atoms with van der Waals surface area (Å²) in [5.74, 6) is 0.342. The predicted octanol–water partition coefficient (Wildman–Crippen LogP) is 1.09. The van der Waals surface area contributed by atoms with Crippen LogP contribution in [-0.2, 0) is 4.79 Å². The highest BCUT2D eigenvalue weighted by atomic mass is 16.3. The Morgan fingerprint density at radius 1 is 1.62 bits per heavy atom. The highest BCUT2D eigenvalue weighted by Gasteiger charge is 2.01. The second-order valence-electron chi connectivity index (χ2n) is 2.83. The molecule has 1 aromatic rings. The maximum atomic E-state index is 10.6. The van der Waals surface area contributed by atoms with Crippen molar-refractivity contribution in [1.29, 1.82) is 0 Å². The molecule has 0 saturated carbocycles. The van der Waals surface area contributed by atoms with Gasteiger partial charge in [0.05, 0.1) is 6.10 Å². The van der Waals surface area contributed by atoms with Crippen molar-refractivity contribution < 1.29 is 9.90 Å². The van der Waals surface area contributed by atoms with E-state index in [9.17, 15) is 4.79 Å². The van der Waals surface area contributed by atoms with Crippen molar-refractivity contribution in [3.8, 4) is 0 Å². The van der Waals surface area contributed by atoms with Crippen molar-refractivity contribution in [2.75, 3.05) is 5.32 Å². The largest absolute Gasteiger partial charge is 0.389 e. The number of hydrogen-bond acceptors (Lipinski definition) is 3. The number of aliphatic hydroxyl groups is 1.